The molecule has 7 heteroatoms. The van der Waals surface area contributed by atoms with Gasteiger partial charge in [-0.2, -0.15) is 0 Å². The molecule has 2 rings (SSSR count). The molecule has 0 radical (unpaired) electrons. The predicted octanol–water partition coefficient (Wildman–Crippen LogP) is 2.56. The first kappa shape index (κ1) is 14.6. The van der Waals surface area contributed by atoms with Gasteiger partial charge in [0.15, 0.2) is 0 Å². The van der Waals surface area contributed by atoms with Crippen LogP contribution in [0.5, 0.6) is 0 Å². The van der Waals surface area contributed by atoms with Gasteiger partial charge in [0.1, 0.15) is 5.56 Å². The standard InChI is InChI=1S/C14H14N4O3/c1-8-5-4-6-11(12(8)18(20)21)13(19)17-14-15-9(2)7-10(3)16-14/h4-7H,1-3H3,(H,15,16,17,19). The number of nitrogens with one attached hydrogen (secondary N) is 1. The van der Waals surface area contributed by atoms with Crippen LogP contribution in [0.4, 0.5) is 11.6 Å². The van der Waals surface area contributed by atoms with Crippen LogP contribution in [0.1, 0.15) is 27.3 Å². The van der Waals surface area contributed by atoms with Crippen LogP contribution in [-0.2, 0) is 0 Å². The number of carbonyl (C=O) groups is 1. The average molecular weight is 286 g/mol. The number of hydrogen-bond acceptors (Lipinski definition) is 5. The van der Waals surface area contributed by atoms with Gasteiger partial charge in [0, 0.05) is 17.0 Å². The van der Waals surface area contributed by atoms with Gasteiger partial charge in [0.2, 0.25) is 5.95 Å². The summed E-state index contributed by atoms with van der Waals surface area (Å²) in [7, 11) is 0. The topological polar surface area (TPSA) is 98.0 Å². The lowest BCUT2D eigenvalue weighted by atomic mass is 10.1. The summed E-state index contributed by atoms with van der Waals surface area (Å²) in [4.78, 5) is 30.9. The van der Waals surface area contributed by atoms with Crippen molar-refractivity contribution in [3.05, 3.63) is 56.9 Å². The first-order valence-corrected chi connectivity index (χ1v) is 6.26. The van der Waals surface area contributed by atoms with Crippen molar-refractivity contribution in [3.8, 4) is 0 Å². The molecule has 7 nitrogen and oxygen atoms in total. The van der Waals surface area contributed by atoms with Crippen molar-refractivity contribution in [2.45, 2.75) is 20.8 Å². The van der Waals surface area contributed by atoms with E-state index in [0.717, 1.165) is 0 Å². The van der Waals surface area contributed by atoms with Gasteiger partial charge in [-0.15, -0.1) is 0 Å². The zero-order valence-corrected chi connectivity index (χ0v) is 11.9. The van der Waals surface area contributed by atoms with Crippen molar-refractivity contribution in [2.24, 2.45) is 0 Å². The van der Waals surface area contributed by atoms with Gasteiger partial charge in [-0.3, -0.25) is 20.2 Å². The zero-order valence-electron chi connectivity index (χ0n) is 11.9. The third kappa shape index (κ3) is 3.19. The van der Waals surface area contributed by atoms with Crippen molar-refractivity contribution in [1.29, 1.82) is 0 Å². The van der Waals surface area contributed by atoms with Crippen LogP contribution in [-0.4, -0.2) is 20.8 Å². The minimum atomic E-state index is -0.601. The first-order valence-electron chi connectivity index (χ1n) is 6.26. The van der Waals surface area contributed by atoms with Crippen LogP contribution in [0.3, 0.4) is 0 Å². The molecule has 2 aromatic rings. The summed E-state index contributed by atoms with van der Waals surface area (Å²) in [6, 6.07) is 6.36. The Labute approximate surface area is 121 Å². The second-order valence-electron chi connectivity index (χ2n) is 4.66. The highest BCUT2D eigenvalue weighted by molar-refractivity contribution is 6.06. The van der Waals surface area contributed by atoms with E-state index < -0.39 is 10.8 Å². The van der Waals surface area contributed by atoms with Crippen molar-refractivity contribution in [3.63, 3.8) is 0 Å². The molecule has 1 amide bonds. The van der Waals surface area contributed by atoms with Crippen LogP contribution in [0.2, 0.25) is 0 Å². The van der Waals surface area contributed by atoms with Crippen LogP contribution in [0, 0.1) is 30.9 Å². The van der Waals surface area contributed by atoms with Crippen LogP contribution in [0.15, 0.2) is 24.3 Å². The van der Waals surface area contributed by atoms with Gasteiger partial charge in [0.05, 0.1) is 4.92 Å². The number of aryl methyl sites for hydroxylation is 3. The zero-order chi connectivity index (χ0) is 15.6. The highest BCUT2D eigenvalue weighted by Gasteiger charge is 2.22. The second-order valence-corrected chi connectivity index (χ2v) is 4.66. The van der Waals surface area contributed by atoms with E-state index in [9.17, 15) is 14.9 Å². The normalized spacial score (nSPS) is 10.2. The maximum Gasteiger partial charge on any atom is 0.285 e. The number of nitro groups is 1. The Morgan fingerprint density at radius 3 is 2.38 bits per heavy atom. The van der Waals surface area contributed by atoms with Crippen LogP contribution in [0.25, 0.3) is 0 Å². The van der Waals surface area contributed by atoms with Crippen molar-refractivity contribution in [1.82, 2.24) is 9.97 Å². The number of hydrogen-bond donors (Lipinski definition) is 1. The number of anilines is 1. The first-order chi connectivity index (χ1) is 9.88. The molecule has 0 saturated heterocycles. The van der Waals surface area contributed by atoms with Gasteiger partial charge in [0.25, 0.3) is 11.6 Å². The quantitative estimate of drug-likeness (QED) is 0.690. The Bertz CT molecular complexity index is 708. The molecule has 0 aliphatic rings. The fraction of sp³-hybridized carbons (Fsp3) is 0.214. The Hall–Kier alpha value is -2.83. The van der Waals surface area contributed by atoms with Gasteiger partial charge < -0.3 is 0 Å². The SMILES string of the molecule is Cc1cc(C)nc(NC(=O)c2cccc(C)c2[N+](=O)[O-])n1. The molecule has 1 N–H and O–H groups in total. The van der Waals surface area contributed by atoms with E-state index in [2.05, 4.69) is 15.3 Å². The van der Waals surface area contributed by atoms with Crippen LogP contribution < -0.4 is 5.32 Å². The fourth-order valence-corrected chi connectivity index (χ4v) is 2.04. The lowest BCUT2D eigenvalue weighted by Crippen LogP contribution is -2.17. The van der Waals surface area contributed by atoms with Crippen LogP contribution >= 0.6 is 0 Å². The summed E-state index contributed by atoms with van der Waals surface area (Å²) >= 11 is 0. The minimum absolute atomic E-state index is 0.0113. The maximum absolute atomic E-state index is 12.2. The number of nitrogens with zero attached hydrogens (tertiary/aromatic N) is 3. The van der Waals surface area contributed by atoms with Gasteiger partial charge in [-0.1, -0.05) is 12.1 Å². The van der Waals surface area contributed by atoms with Crippen molar-refractivity contribution < 1.29 is 9.72 Å². The lowest BCUT2D eigenvalue weighted by molar-refractivity contribution is -0.385. The molecule has 1 heterocycles. The number of carbonyl (C=O) groups excluding carboxylic acids is 1. The monoisotopic (exact) mass is 286 g/mol. The fourth-order valence-electron chi connectivity index (χ4n) is 2.04. The maximum atomic E-state index is 12.2. The van der Waals surface area contributed by atoms with E-state index in [1.165, 1.54) is 6.07 Å². The molecule has 0 spiro atoms. The molecule has 0 atom stereocenters. The van der Waals surface area contributed by atoms with E-state index in [-0.39, 0.29) is 17.2 Å². The van der Waals surface area contributed by atoms with Crippen molar-refractivity contribution in [2.75, 3.05) is 5.32 Å². The molecule has 0 aliphatic heterocycles. The smallest absolute Gasteiger partial charge is 0.285 e. The van der Waals surface area contributed by atoms with Gasteiger partial charge >= 0.3 is 0 Å². The Morgan fingerprint density at radius 2 is 1.81 bits per heavy atom. The van der Waals surface area contributed by atoms with E-state index >= 15 is 0 Å². The Balaban J connectivity index is 2.37. The predicted molar refractivity (Wildman–Crippen MR) is 77.3 cm³/mol. The van der Waals surface area contributed by atoms with Gasteiger partial charge in [-0.25, -0.2) is 9.97 Å². The van der Waals surface area contributed by atoms with E-state index in [1.54, 1.807) is 39.0 Å². The summed E-state index contributed by atoms with van der Waals surface area (Å²) in [5.74, 6) is -0.469. The Morgan fingerprint density at radius 1 is 1.19 bits per heavy atom. The highest BCUT2D eigenvalue weighted by Crippen LogP contribution is 2.23. The Kier molecular flexibility index (Phi) is 3.93. The third-order valence-electron chi connectivity index (χ3n) is 2.87. The molecule has 0 unspecified atom stereocenters. The number of nitro benzene ring substituents is 1. The molecule has 0 bridgehead atoms. The molecular weight excluding hydrogens is 272 g/mol. The molecule has 0 aliphatic carbocycles. The molecule has 1 aromatic carbocycles. The van der Waals surface area contributed by atoms with Gasteiger partial charge in [-0.05, 0) is 32.9 Å². The lowest BCUT2D eigenvalue weighted by Gasteiger charge is -2.07. The number of amides is 1. The number of para-hydroxylation sites is 1. The third-order valence-corrected chi connectivity index (χ3v) is 2.87. The summed E-state index contributed by atoms with van der Waals surface area (Å²) in [6.45, 7) is 5.14. The highest BCUT2D eigenvalue weighted by atomic mass is 16.6. The minimum Gasteiger partial charge on any atom is -0.290 e. The molecule has 0 saturated carbocycles. The second kappa shape index (κ2) is 5.66. The summed E-state index contributed by atoms with van der Waals surface area (Å²) in [5.41, 5.74) is 1.62. The van der Waals surface area contributed by atoms with E-state index in [0.29, 0.717) is 17.0 Å². The van der Waals surface area contributed by atoms with E-state index in [4.69, 9.17) is 0 Å². The summed E-state index contributed by atoms with van der Waals surface area (Å²) < 4.78 is 0. The average Bonchev–Trinajstić information content (AvgIpc) is 2.36. The molecule has 21 heavy (non-hydrogen) atoms. The summed E-state index contributed by atoms with van der Waals surface area (Å²) in [5, 5.41) is 13.6. The molecular formula is C14H14N4O3. The number of rotatable bonds is 3. The van der Waals surface area contributed by atoms with Crippen molar-refractivity contribution >= 4 is 17.5 Å². The largest absolute Gasteiger partial charge is 0.290 e. The number of benzene rings is 1. The molecule has 108 valence electrons. The molecule has 1 aromatic heterocycles. The molecule has 0 fully saturated rings. The number of aromatic nitrogens is 2. The van der Waals surface area contributed by atoms with E-state index in [1.807, 2.05) is 0 Å². The summed E-state index contributed by atoms with van der Waals surface area (Å²) in [6.07, 6.45) is 0.